The maximum Gasteiger partial charge on any atom is 0.311 e. The summed E-state index contributed by atoms with van der Waals surface area (Å²) >= 11 is 0. The molecule has 13 heavy (non-hydrogen) atoms. The molecule has 1 heterocycles. The fourth-order valence-electron chi connectivity index (χ4n) is 1.56. The fraction of sp³-hybridized carbons (Fsp3) is 0.900. The van der Waals surface area contributed by atoms with Crippen molar-refractivity contribution in [3.8, 4) is 0 Å². The molecule has 3 nitrogen and oxygen atoms in total. The molecule has 1 saturated heterocycles. The van der Waals surface area contributed by atoms with Crippen LogP contribution in [0.1, 0.15) is 34.1 Å². The van der Waals surface area contributed by atoms with Crippen molar-refractivity contribution < 1.29 is 9.53 Å². The first-order valence-electron chi connectivity index (χ1n) is 4.86. The lowest BCUT2D eigenvalue weighted by Crippen LogP contribution is -2.34. The van der Waals surface area contributed by atoms with Crippen LogP contribution in [0.3, 0.4) is 0 Å². The van der Waals surface area contributed by atoms with Crippen LogP contribution in [0.25, 0.3) is 0 Å². The SMILES string of the molecule is C[C@@H]1NCC[C@H]1C(=O)OC(C)(C)C. The molecule has 0 radical (unpaired) electrons. The Kier molecular flexibility index (Phi) is 2.96. The molecule has 3 heteroatoms. The van der Waals surface area contributed by atoms with E-state index in [4.69, 9.17) is 4.74 Å². The first kappa shape index (κ1) is 10.5. The van der Waals surface area contributed by atoms with E-state index in [-0.39, 0.29) is 23.5 Å². The summed E-state index contributed by atoms with van der Waals surface area (Å²) in [7, 11) is 0. The van der Waals surface area contributed by atoms with Gasteiger partial charge in [-0.1, -0.05) is 0 Å². The predicted molar refractivity (Wildman–Crippen MR) is 51.4 cm³/mol. The molecule has 76 valence electrons. The number of ether oxygens (including phenoxy) is 1. The van der Waals surface area contributed by atoms with Crippen LogP contribution >= 0.6 is 0 Å². The highest BCUT2D eigenvalue weighted by Gasteiger charge is 2.32. The van der Waals surface area contributed by atoms with Gasteiger partial charge in [-0.25, -0.2) is 0 Å². The molecule has 1 rings (SSSR count). The number of nitrogens with one attached hydrogen (secondary N) is 1. The van der Waals surface area contributed by atoms with Crippen molar-refractivity contribution in [3.05, 3.63) is 0 Å². The van der Waals surface area contributed by atoms with E-state index in [1.54, 1.807) is 0 Å². The second-order valence-electron chi connectivity index (χ2n) is 4.67. The summed E-state index contributed by atoms with van der Waals surface area (Å²) < 4.78 is 5.31. The zero-order valence-electron chi connectivity index (χ0n) is 8.89. The Labute approximate surface area is 79.8 Å². The van der Waals surface area contributed by atoms with E-state index < -0.39 is 0 Å². The molecule has 0 spiro atoms. The van der Waals surface area contributed by atoms with E-state index in [9.17, 15) is 4.79 Å². The Bertz CT molecular complexity index is 196. The quantitative estimate of drug-likeness (QED) is 0.626. The minimum atomic E-state index is -0.362. The maximum atomic E-state index is 11.6. The number of hydrogen-bond donors (Lipinski definition) is 1. The second kappa shape index (κ2) is 3.66. The summed E-state index contributed by atoms with van der Waals surface area (Å²) in [6.45, 7) is 8.65. The molecule has 0 amide bonds. The molecular weight excluding hydrogens is 166 g/mol. The molecule has 1 aliphatic rings. The summed E-state index contributed by atoms with van der Waals surface area (Å²) in [4.78, 5) is 11.6. The average molecular weight is 185 g/mol. The molecule has 0 aliphatic carbocycles. The third-order valence-electron chi connectivity index (χ3n) is 2.23. The van der Waals surface area contributed by atoms with Crippen molar-refractivity contribution in [3.63, 3.8) is 0 Å². The Morgan fingerprint density at radius 1 is 1.46 bits per heavy atom. The molecule has 1 N–H and O–H groups in total. The minimum Gasteiger partial charge on any atom is -0.460 e. The van der Waals surface area contributed by atoms with Crippen molar-refractivity contribution >= 4 is 5.97 Å². The molecule has 0 aromatic heterocycles. The summed E-state index contributed by atoms with van der Waals surface area (Å²) in [5, 5.41) is 3.24. The van der Waals surface area contributed by atoms with E-state index in [1.165, 1.54) is 0 Å². The van der Waals surface area contributed by atoms with Crippen LogP contribution in [0.2, 0.25) is 0 Å². The Morgan fingerprint density at radius 3 is 2.46 bits per heavy atom. The first-order chi connectivity index (χ1) is 5.90. The Morgan fingerprint density at radius 2 is 2.08 bits per heavy atom. The number of esters is 1. The van der Waals surface area contributed by atoms with Crippen molar-refractivity contribution in [1.82, 2.24) is 5.32 Å². The number of hydrogen-bond acceptors (Lipinski definition) is 3. The lowest BCUT2D eigenvalue weighted by atomic mass is 10.0. The largest absolute Gasteiger partial charge is 0.460 e. The first-order valence-corrected chi connectivity index (χ1v) is 4.86. The highest BCUT2D eigenvalue weighted by molar-refractivity contribution is 5.74. The van der Waals surface area contributed by atoms with Gasteiger partial charge in [-0.2, -0.15) is 0 Å². The van der Waals surface area contributed by atoms with Crippen LogP contribution in [0.5, 0.6) is 0 Å². The highest BCUT2D eigenvalue weighted by Crippen LogP contribution is 2.20. The zero-order valence-corrected chi connectivity index (χ0v) is 8.89. The molecule has 2 atom stereocenters. The van der Waals surface area contributed by atoms with E-state index in [1.807, 2.05) is 27.7 Å². The summed E-state index contributed by atoms with van der Waals surface area (Å²) in [6.07, 6.45) is 0.899. The number of carbonyl (C=O) groups excluding carboxylic acids is 1. The average Bonchev–Trinajstić information content (AvgIpc) is 2.30. The molecule has 0 bridgehead atoms. The van der Waals surface area contributed by atoms with E-state index in [0.717, 1.165) is 13.0 Å². The van der Waals surface area contributed by atoms with Gasteiger partial charge < -0.3 is 10.1 Å². The summed E-state index contributed by atoms with van der Waals surface area (Å²) in [5.74, 6) is -0.0239. The van der Waals surface area contributed by atoms with Gasteiger partial charge in [-0.15, -0.1) is 0 Å². The van der Waals surface area contributed by atoms with Gasteiger partial charge in [0.15, 0.2) is 0 Å². The smallest absolute Gasteiger partial charge is 0.311 e. The lowest BCUT2D eigenvalue weighted by Gasteiger charge is -2.23. The van der Waals surface area contributed by atoms with Crippen LogP contribution in [0, 0.1) is 5.92 Å². The zero-order chi connectivity index (χ0) is 10.1. The topological polar surface area (TPSA) is 38.3 Å². The summed E-state index contributed by atoms with van der Waals surface area (Å²) in [5.41, 5.74) is -0.362. The maximum absolute atomic E-state index is 11.6. The van der Waals surface area contributed by atoms with Crippen LogP contribution < -0.4 is 5.32 Å². The Hall–Kier alpha value is -0.570. The van der Waals surface area contributed by atoms with Crippen molar-refractivity contribution in [2.75, 3.05) is 6.54 Å². The molecular formula is C10H19NO2. The van der Waals surface area contributed by atoms with E-state index in [2.05, 4.69) is 5.32 Å². The lowest BCUT2D eigenvalue weighted by molar-refractivity contribution is -0.160. The van der Waals surface area contributed by atoms with Gasteiger partial charge in [0.2, 0.25) is 0 Å². The van der Waals surface area contributed by atoms with E-state index in [0.29, 0.717) is 0 Å². The second-order valence-corrected chi connectivity index (χ2v) is 4.67. The highest BCUT2D eigenvalue weighted by atomic mass is 16.6. The third kappa shape index (κ3) is 2.99. The van der Waals surface area contributed by atoms with Gasteiger partial charge in [0.25, 0.3) is 0 Å². The Balaban J connectivity index is 2.48. The van der Waals surface area contributed by atoms with Gasteiger partial charge in [-0.05, 0) is 40.7 Å². The van der Waals surface area contributed by atoms with Gasteiger partial charge in [0.05, 0.1) is 5.92 Å². The standard InChI is InChI=1S/C10H19NO2/c1-7-8(5-6-11-7)9(12)13-10(2,3)4/h7-8,11H,5-6H2,1-4H3/t7-,8+/m0/s1. The van der Waals surface area contributed by atoms with Gasteiger partial charge >= 0.3 is 5.97 Å². The summed E-state index contributed by atoms with van der Waals surface area (Å²) in [6, 6.07) is 0.259. The van der Waals surface area contributed by atoms with Crippen molar-refractivity contribution in [2.45, 2.75) is 45.8 Å². The van der Waals surface area contributed by atoms with Gasteiger partial charge in [0.1, 0.15) is 5.60 Å². The molecule has 0 aromatic carbocycles. The molecule has 0 saturated carbocycles. The van der Waals surface area contributed by atoms with Crippen LogP contribution in [-0.4, -0.2) is 24.2 Å². The van der Waals surface area contributed by atoms with Gasteiger partial charge in [-0.3, -0.25) is 4.79 Å². The van der Waals surface area contributed by atoms with Crippen LogP contribution in [0.15, 0.2) is 0 Å². The molecule has 0 unspecified atom stereocenters. The normalized spacial score (nSPS) is 28.9. The van der Waals surface area contributed by atoms with Crippen molar-refractivity contribution in [2.24, 2.45) is 5.92 Å². The number of carbonyl (C=O) groups is 1. The molecule has 1 fully saturated rings. The monoisotopic (exact) mass is 185 g/mol. The van der Waals surface area contributed by atoms with Crippen molar-refractivity contribution in [1.29, 1.82) is 0 Å². The van der Waals surface area contributed by atoms with Gasteiger partial charge in [0, 0.05) is 6.04 Å². The fourth-order valence-corrected chi connectivity index (χ4v) is 1.56. The third-order valence-corrected chi connectivity index (χ3v) is 2.23. The van der Waals surface area contributed by atoms with Crippen LogP contribution in [0.4, 0.5) is 0 Å². The molecule has 1 aliphatic heterocycles. The molecule has 0 aromatic rings. The predicted octanol–water partition coefficient (Wildman–Crippen LogP) is 1.33. The minimum absolute atomic E-state index is 0.0409. The van der Waals surface area contributed by atoms with E-state index >= 15 is 0 Å². The number of rotatable bonds is 1. The van der Waals surface area contributed by atoms with Crippen LogP contribution in [-0.2, 0) is 9.53 Å².